The molecule has 0 saturated carbocycles. The first kappa shape index (κ1) is 33.6. The van der Waals surface area contributed by atoms with Crippen molar-refractivity contribution >= 4 is 11.9 Å². The topological polar surface area (TPSA) is 89.5 Å². The van der Waals surface area contributed by atoms with Gasteiger partial charge in [-0.3, -0.25) is 0 Å². The molecule has 0 N–H and O–H groups in total. The van der Waals surface area contributed by atoms with Gasteiger partial charge in [0.2, 0.25) is 0 Å². The van der Waals surface area contributed by atoms with Gasteiger partial charge >= 0.3 is 11.9 Å². The molecule has 5 aromatic rings. The van der Waals surface area contributed by atoms with E-state index in [1.54, 1.807) is 6.07 Å². The summed E-state index contributed by atoms with van der Waals surface area (Å²) in [7, 11) is 2.50. The number of carbonyl (C=O) groups excluding carboxylic acids is 2. The molecule has 8 heteroatoms. The number of rotatable bonds is 16. The zero-order valence-corrected chi connectivity index (χ0v) is 27.1. The van der Waals surface area contributed by atoms with Crippen molar-refractivity contribution < 1.29 is 38.0 Å². The van der Waals surface area contributed by atoms with Gasteiger partial charge in [-0.25, -0.2) is 9.59 Å². The van der Waals surface area contributed by atoms with Crippen molar-refractivity contribution in [2.45, 2.75) is 25.7 Å². The highest BCUT2D eigenvalue weighted by atomic mass is 16.5. The molecule has 0 heterocycles. The Bertz CT molecular complexity index is 1790. The Morgan fingerprint density at radius 2 is 1.00 bits per heavy atom. The van der Waals surface area contributed by atoms with Gasteiger partial charge < -0.3 is 28.4 Å². The summed E-state index contributed by atoms with van der Waals surface area (Å²) in [5.74, 6) is 2.20. The Labute approximate surface area is 280 Å². The van der Waals surface area contributed by atoms with Crippen LogP contribution in [0.2, 0.25) is 0 Å². The minimum Gasteiger partial charge on any atom is -0.493 e. The van der Waals surface area contributed by atoms with E-state index in [-0.39, 0.29) is 23.5 Å². The normalized spacial score (nSPS) is 10.5. The number of hydrogen-bond donors (Lipinski definition) is 0. The Balaban J connectivity index is 1.21. The average molecular weight is 647 g/mol. The molecule has 5 aromatic carbocycles. The third-order valence-electron chi connectivity index (χ3n) is 7.37. The number of hydrogen-bond acceptors (Lipinski definition) is 8. The van der Waals surface area contributed by atoms with Crippen molar-refractivity contribution in [3.8, 4) is 34.5 Å². The van der Waals surface area contributed by atoms with E-state index in [2.05, 4.69) is 0 Å². The molecule has 8 nitrogen and oxygen atoms in total. The Morgan fingerprint density at radius 3 is 1.52 bits per heavy atom. The van der Waals surface area contributed by atoms with E-state index in [4.69, 9.17) is 28.4 Å². The molecule has 0 atom stereocenters. The van der Waals surface area contributed by atoms with Crippen LogP contribution in [0.1, 0.15) is 44.7 Å². The largest absolute Gasteiger partial charge is 0.493 e. The Kier molecular flexibility index (Phi) is 12.1. The van der Waals surface area contributed by atoms with Gasteiger partial charge in [0.05, 0.1) is 33.0 Å². The number of methoxy groups -OCH3 is 2. The zero-order valence-electron chi connectivity index (χ0n) is 27.1. The number of carbonyl (C=O) groups is 2. The molecule has 0 saturated heterocycles. The molecule has 0 spiro atoms. The summed E-state index contributed by atoms with van der Waals surface area (Å²) in [6.45, 7) is 0.641. The lowest BCUT2D eigenvalue weighted by Crippen LogP contribution is -2.15. The lowest BCUT2D eigenvalue weighted by atomic mass is 10.1. The number of ether oxygens (including phenoxy) is 6. The quantitative estimate of drug-likeness (QED) is 0.0776. The zero-order chi connectivity index (χ0) is 33.6. The molecule has 246 valence electrons. The monoisotopic (exact) mass is 646 g/mol. The molecule has 0 fully saturated rings. The smallest absolute Gasteiger partial charge is 0.342 e. The van der Waals surface area contributed by atoms with E-state index < -0.39 is 11.9 Å². The van der Waals surface area contributed by atoms with Gasteiger partial charge in [0.1, 0.15) is 40.1 Å². The van der Waals surface area contributed by atoms with Crippen LogP contribution < -0.4 is 18.9 Å². The fraction of sp³-hybridized carbons (Fsp3) is 0.200. The van der Waals surface area contributed by atoms with Crippen molar-refractivity contribution in [2.24, 2.45) is 0 Å². The highest BCUT2D eigenvalue weighted by Gasteiger charge is 2.25. The number of para-hydroxylation sites is 2. The summed E-state index contributed by atoms with van der Waals surface area (Å²) in [5, 5.41) is 0. The number of aryl methyl sites for hydroxylation is 2. The van der Waals surface area contributed by atoms with Gasteiger partial charge in [0.15, 0.2) is 0 Å². The van der Waals surface area contributed by atoms with E-state index in [0.717, 1.165) is 40.5 Å². The maximum absolute atomic E-state index is 12.8. The van der Waals surface area contributed by atoms with Crippen LogP contribution >= 0.6 is 0 Å². The first-order chi connectivity index (χ1) is 23.5. The van der Waals surface area contributed by atoms with E-state index >= 15 is 0 Å². The molecule has 0 bridgehead atoms. The fourth-order valence-electron chi connectivity index (χ4n) is 5.07. The summed E-state index contributed by atoms with van der Waals surface area (Å²) in [6.07, 6.45) is 2.79. The molecule has 0 amide bonds. The summed E-state index contributed by atoms with van der Waals surface area (Å²) in [6, 6.07) is 38.1. The minimum absolute atomic E-state index is 0.00775. The standard InChI is InChI=1S/C40H38O8/c1-43-39(41)36-27-35(45-23-11-15-29-13-9-21-33(25-29)47-31-17-5-3-6-18-31)28-37(38(36)40(42)44-2)46-24-12-16-30-14-10-22-34(26-30)48-32-19-7-4-8-20-32/h3-10,13-14,17-22,25-28H,11-12,15-16,23-24H2,1-2H3. The summed E-state index contributed by atoms with van der Waals surface area (Å²) in [4.78, 5) is 25.6. The van der Waals surface area contributed by atoms with Crippen LogP contribution in [-0.4, -0.2) is 39.4 Å². The number of benzene rings is 5. The van der Waals surface area contributed by atoms with Crippen LogP contribution in [0.15, 0.2) is 121 Å². The van der Waals surface area contributed by atoms with Crippen LogP contribution in [0.4, 0.5) is 0 Å². The molecule has 0 aromatic heterocycles. The van der Waals surface area contributed by atoms with Crippen molar-refractivity contribution in [3.63, 3.8) is 0 Å². The van der Waals surface area contributed by atoms with Gasteiger partial charge in [0.25, 0.3) is 0 Å². The van der Waals surface area contributed by atoms with Crippen molar-refractivity contribution in [3.05, 3.63) is 144 Å². The second-order valence-corrected chi connectivity index (χ2v) is 10.9. The molecule has 5 rings (SSSR count). The molecular formula is C40H38O8. The highest BCUT2D eigenvalue weighted by Crippen LogP contribution is 2.31. The van der Waals surface area contributed by atoms with E-state index in [1.165, 1.54) is 20.3 Å². The molecular weight excluding hydrogens is 608 g/mol. The van der Waals surface area contributed by atoms with Gasteiger partial charge in [-0.05, 0) is 91.4 Å². The summed E-state index contributed by atoms with van der Waals surface area (Å²) < 4.78 is 34.0. The first-order valence-electron chi connectivity index (χ1n) is 15.8. The SMILES string of the molecule is COC(=O)c1cc(OCCCc2cccc(Oc3ccccc3)c2)cc(OCCCc2cccc(Oc3ccccc3)c2)c1C(=O)OC. The number of esters is 2. The van der Waals surface area contributed by atoms with Gasteiger partial charge in [-0.2, -0.15) is 0 Å². The van der Waals surface area contributed by atoms with Crippen LogP contribution in [0.3, 0.4) is 0 Å². The van der Waals surface area contributed by atoms with Gasteiger partial charge in [-0.1, -0.05) is 60.7 Å². The van der Waals surface area contributed by atoms with Crippen LogP contribution in [-0.2, 0) is 22.3 Å². The van der Waals surface area contributed by atoms with Crippen molar-refractivity contribution in [2.75, 3.05) is 27.4 Å². The average Bonchev–Trinajstić information content (AvgIpc) is 3.12. The highest BCUT2D eigenvalue weighted by molar-refractivity contribution is 6.05. The third kappa shape index (κ3) is 9.62. The minimum atomic E-state index is -0.708. The maximum Gasteiger partial charge on any atom is 0.342 e. The second-order valence-electron chi connectivity index (χ2n) is 10.9. The van der Waals surface area contributed by atoms with Crippen molar-refractivity contribution in [1.82, 2.24) is 0 Å². The van der Waals surface area contributed by atoms with E-state index in [9.17, 15) is 9.59 Å². The van der Waals surface area contributed by atoms with Crippen molar-refractivity contribution in [1.29, 1.82) is 0 Å². The van der Waals surface area contributed by atoms with E-state index in [1.807, 2.05) is 109 Å². The molecule has 48 heavy (non-hydrogen) atoms. The van der Waals surface area contributed by atoms with E-state index in [0.29, 0.717) is 31.6 Å². The predicted octanol–water partition coefficient (Wildman–Crippen LogP) is 8.87. The predicted molar refractivity (Wildman–Crippen MR) is 183 cm³/mol. The summed E-state index contributed by atoms with van der Waals surface area (Å²) in [5.41, 5.74) is 2.17. The maximum atomic E-state index is 12.8. The third-order valence-corrected chi connectivity index (χ3v) is 7.37. The molecule has 0 aliphatic rings. The fourth-order valence-corrected chi connectivity index (χ4v) is 5.07. The molecule has 0 radical (unpaired) electrons. The molecule has 0 unspecified atom stereocenters. The Hall–Kier alpha value is -5.76. The summed E-state index contributed by atoms with van der Waals surface area (Å²) >= 11 is 0. The van der Waals surface area contributed by atoms with Gasteiger partial charge in [0, 0.05) is 6.07 Å². The first-order valence-corrected chi connectivity index (χ1v) is 15.8. The van der Waals surface area contributed by atoms with Crippen LogP contribution in [0.25, 0.3) is 0 Å². The second kappa shape index (κ2) is 17.2. The lowest BCUT2D eigenvalue weighted by molar-refractivity contribution is 0.0550. The van der Waals surface area contributed by atoms with Crippen LogP contribution in [0.5, 0.6) is 34.5 Å². The molecule has 0 aliphatic carbocycles. The molecule has 0 aliphatic heterocycles. The van der Waals surface area contributed by atoms with Gasteiger partial charge in [-0.15, -0.1) is 0 Å². The Morgan fingerprint density at radius 1 is 0.500 bits per heavy atom. The lowest BCUT2D eigenvalue weighted by Gasteiger charge is -2.16. The van der Waals surface area contributed by atoms with Crippen LogP contribution in [0, 0.1) is 0 Å².